The molecule has 0 unspecified atom stereocenters. The number of amides is 2. The van der Waals surface area contributed by atoms with Gasteiger partial charge in [0.1, 0.15) is 26.9 Å². The number of hydrogen-bond acceptors (Lipinski definition) is 6. The highest BCUT2D eigenvalue weighted by atomic mass is 32.1. The summed E-state index contributed by atoms with van der Waals surface area (Å²) in [5.41, 5.74) is 7.78. The van der Waals surface area contributed by atoms with Gasteiger partial charge in [-0.05, 0) is 55.8 Å². The van der Waals surface area contributed by atoms with Crippen LogP contribution in [-0.4, -0.2) is 36.8 Å². The van der Waals surface area contributed by atoms with Crippen molar-refractivity contribution in [2.24, 2.45) is 5.73 Å². The van der Waals surface area contributed by atoms with Crippen molar-refractivity contribution >= 4 is 39.1 Å². The lowest BCUT2D eigenvalue weighted by Crippen LogP contribution is -2.17. The highest BCUT2D eigenvalue weighted by molar-refractivity contribution is 7.21. The van der Waals surface area contributed by atoms with Crippen LogP contribution in [0.2, 0.25) is 0 Å². The molecular formula is C25H20F3N7O2S. The first-order chi connectivity index (χ1) is 18.2. The number of fused-ring (bicyclic) bond motifs is 1. The van der Waals surface area contributed by atoms with Gasteiger partial charge in [-0.3, -0.25) is 19.4 Å². The maximum Gasteiger partial charge on any atom is 0.280 e. The Kier molecular flexibility index (Phi) is 6.45. The van der Waals surface area contributed by atoms with Crippen LogP contribution in [0.25, 0.3) is 32.6 Å². The Labute approximate surface area is 217 Å². The van der Waals surface area contributed by atoms with Crippen LogP contribution in [0.4, 0.5) is 18.9 Å². The topological polar surface area (TPSA) is 132 Å². The third kappa shape index (κ3) is 4.41. The van der Waals surface area contributed by atoms with E-state index < -0.39 is 29.8 Å². The van der Waals surface area contributed by atoms with E-state index in [2.05, 4.69) is 25.6 Å². The van der Waals surface area contributed by atoms with Crippen LogP contribution in [0.15, 0.2) is 42.6 Å². The minimum absolute atomic E-state index is 0.0485. The van der Waals surface area contributed by atoms with Gasteiger partial charge in [0.05, 0.1) is 17.6 Å². The molecule has 4 N–H and O–H groups in total. The van der Waals surface area contributed by atoms with Crippen LogP contribution < -0.4 is 11.1 Å². The van der Waals surface area contributed by atoms with Crippen molar-refractivity contribution < 1.29 is 22.8 Å². The molecule has 0 saturated heterocycles. The molecule has 0 aliphatic heterocycles. The van der Waals surface area contributed by atoms with Crippen LogP contribution in [-0.2, 0) is 6.54 Å². The molecule has 0 atom stereocenters. The van der Waals surface area contributed by atoms with Gasteiger partial charge in [-0.15, -0.1) is 11.3 Å². The number of nitrogens with one attached hydrogen (secondary N) is 2. The molecule has 0 saturated carbocycles. The zero-order chi connectivity index (χ0) is 27.1. The van der Waals surface area contributed by atoms with Gasteiger partial charge in [0.2, 0.25) is 0 Å². The highest BCUT2D eigenvalue weighted by Crippen LogP contribution is 2.43. The van der Waals surface area contributed by atoms with Gasteiger partial charge in [-0.1, -0.05) is 0 Å². The van der Waals surface area contributed by atoms with Crippen LogP contribution in [0.5, 0.6) is 0 Å². The number of rotatable bonds is 7. The molecule has 0 aliphatic rings. The van der Waals surface area contributed by atoms with E-state index in [0.29, 0.717) is 40.0 Å². The third-order valence-corrected chi connectivity index (χ3v) is 7.12. The van der Waals surface area contributed by atoms with E-state index in [1.807, 2.05) is 6.92 Å². The molecule has 5 aromatic rings. The average molecular weight is 540 g/mol. The number of aryl methyl sites for hydroxylation is 1. The normalized spacial score (nSPS) is 11.4. The molecule has 4 aromatic heterocycles. The molecular weight excluding hydrogens is 519 g/mol. The number of hydrogen-bond donors (Lipinski definition) is 3. The second-order valence-electron chi connectivity index (χ2n) is 8.33. The Morgan fingerprint density at radius 3 is 2.55 bits per heavy atom. The lowest BCUT2D eigenvalue weighted by atomic mass is 10.0. The number of nitrogens with zero attached hydrogens (tertiary/aromatic N) is 4. The minimum atomic E-state index is -2.87. The Balaban J connectivity index is 1.63. The summed E-state index contributed by atoms with van der Waals surface area (Å²) < 4.78 is 42.5. The molecule has 2 amide bonds. The number of thiophene rings is 1. The SMILES string of the molecule is CCn1ncc(-c2cc(C(F)F)nc3sc(C(N)=O)c(NC(=O)c4cc(-c5ccc(F)cc5)n[nH]4)c23)c1C. The fourth-order valence-electron chi connectivity index (χ4n) is 4.15. The molecule has 38 heavy (non-hydrogen) atoms. The summed E-state index contributed by atoms with van der Waals surface area (Å²) in [5.74, 6) is -1.92. The number of carbonyl (C=O) groups excluding carboxylic acids is 2. The van der Waals surface area contributed by atoms with Crippen molar-refractivity contribution in [3.63, 3.8) is 0 Å². The summed E-state index contributed by atoms with van der Waals surface area (Å²) in [6.45, 7) is 4.24. The van der Waals surface area contributed by atoms with E-state index in [0.717, 1.165) is 11.3 Å². The number of aromatic nitrogens is 5. The van der Waals surface area contributed by atoms with Gasteiger partial charge in [-0.2, -0.15) is 10.2 Å². The summed E-state index contributed by atoms with van der Waals surface area (Å²) in [7, 11) is 0. The number of halogens is 3. The average Bonchev–Trinajstić information content (AvgIpc) is 3.61. The van der Waals surface area contributed by atoms with Crippen molar-refractivity contribution in [3.8, 4) is 22.4 Å². The molecule has 13 heteroatoms. The van der Waals surface area contributed by atoms with E-state index in [9.17, 15) is 22.8 Å². The van der Waals surface area contributed by atoms with Crippen LogP contribution in [0.1, 0.15) is 44.9 Å². The predicted molar refractivity (Wildman–Crippen MR) is 137 cm³/mol. The van der Waals surface area contributed by atoms with Crippen LogP contribution in [0.3, 0.4) is 0 Å². The van der Waals surface area contributed by atoms with Crippen molar-refractivity contribution in [1.82, 2.24) is 25.0 Å². The number of aromatic amines is 1. The van der Waals surface area contributed by atoms with E-state index in [-0.39, 0.29) is 21.1 Å². The Morgan fingerprint density at radius 1 is 1.18 bits per heavy atom. The molecule has 1 aromatic carbocycles. The third-order valence-electron chi connectivity index (χ3n) is 6.02. The number of H-pyrrole nitrogens is 1. The molecule has 0 radical (unpaired) electrons. The van der Waals surface area contributed by atoms with Crippen molar-refractivity contribution in [2.75, 3.05) is 5.32 Å². The number of carbonyl (C=O) groups is 2. The predicted octanol–water partition coefficient (Wildman–Crippen LogP) is 5.31. The largest absolute Gasteiger partial charge is 0.365 e. The summed E-state index contributed by atoms with van der Waals surface area (Å²) in [6.07, 6.45) is -1.33. The monoisotopic (exact) mass is 539 g/mol. The lowest BCUT2D eigenvalue weighted by Gasteiger charge is -2.10. The Hall–Kier alpha value is -4.52. The highest BCUT2D eigenvalue weighted by Gasteiger charge is 2.27. The van der Waals surface area contributed by atoms with Crippen LogP contribution >= 0.6 is 11.3 Å². The molecule has 9 nitrogen and oxygen atoms in total. The van der Waals surface area contributed by atoms with Crippen molar-refractivity contribution in [2.45, 2.75) is 26.8 Å². The molecule has 0 spiro atoms. The first kappa shape index (κ1) is 25.1. The number of anilines is 1. The molecule has 194 valence electrons. The first-order valence-corrected chi connectivity index (χ1v) is 12.2. The lowest BCUT2D eigenvalue weighted by molar-refractivity contribution is 0.100. The number of primary amides is 1. The number of nitrogens with two attached hydrogens (primary N) is 1. The van der Waals surface area contributed by atoms with Gasteiger partial charge < -0.3 is 11.1 Å². The molecule has 5 rings (SSSR count). The first-order valence-electron chi connectivity index (χ1n) is 11.4. The summed E-state index contributed by atoms with van der Waals surface area (Å²) in [4.78, 5) is 29.7. The number of pyridine rings is 1. The Bertz CT molecular complexity index is 1690. The maximum atomic E-state index is 13.8. The number of alkyl halides is 2. The van der Waals surface area contributed by atoms with E-state index in [1.54, 1.807) is 17.8 Å². The van der Waals surface area contributed by atoms with Crippen LogP contribution in [0, 0.1) is 12.7 Å². The smallest absolute Gasteiger partial charge is 0.280 e. The van der Waals surface area contributed by atoms with Crippen molar-refractivity contribution in [3.05, 3.63) is 70.4 Å². The van der Waals surface area contributed by atoms with E-state index in [1.165, 1.54) is 36.4 Å². The van der Waals surface area contributed by atoms with E-state index >= 15 is 0 Å². The summed E-state index contributed by atoms with van der Waals surface area (Å²) in [6, 6.07) is 8.26. The van der Waals surface area contributed by atoms with Gasteiger partial charge in [0, 0.05) is 28.8 Å². The van der Waals surface area contributed by atoms with E-state index in [4.69, 9.17) is 5.73 Å². The fourth-order valence-corrected chi connectivity index (χ4v) is 5.17. The fraction of sp³-hybridized carbons (Fsp3) is 0.160. The second kappa shape index (κ2) is 9.74. The zero-order valence-electron chi connectivity index (χ0n) is 20.1. The molecule has 0 aliphatic carbocycles. The quantitative estimate of drug-likeness (QED) is 0.258. The van der Waals surface area contributed by atoms with Gasteiger partial charge in [-0.25, -0.2) is 18.2 Å². The summed E-state index contributed by atoms with van der Waals surface area (Å²) >= 11 is 0.809. The summed E-state index contributed by atoms with van der Waals surface area (Å²) in [5, 5.41) is 14.0. The molecule has 4 heterocycles. The molecule has 0 fully saturated rings. The zero-order valence-corrected chi connectivity index (χ0v) is 20.9. The number of benzene rings is 1. The second-order valence-corrected chi connectivity index (χ2v) is 9.33. The van der Waals surface area contributed by atoms with Crippen molar-refractivity contribution in [1.29, 1.82) is 0 Å². The van der Waals surface area contributed by atoms with Gasteiger partial charge in [0.25, 0.3) is 18.2 Å². The van der Waals surface area contributed by atoms with Gasteiger partial charge >= 0.3 is 0 Å². The standard InChI is InChI=1S/C25H20F3N7O2S/c1-3-35-11(2)15(10-30-35)14-8-17(22(27)28)31-25-19(14)20(21(38-25)23(29)36)32-24(37)18-9-16(33-34-18)12-4-6-13(26)7-5-12/h4-10,22H,3H2,1-2H3,(H2,29,36)(H,32,37)(H,33,34). The van der Waals surface area contributed by atoms with Gasteiger partial charge in [0.15, 0.2) is 0 Å². The maximum absolute atomic E-state index is 13.8. The molecule has 0 bridgehead atoms. The minimum Gasteiger partial charge on any atom is -0.365 e. The Morgan fingerprint density at radius 2 is 1.92 bits per heavy atom.